The van der Waals surface area contributed by atoms with Gasteiger partial charge in [-0.25, -0.2) is 4.98 Å². The molecule has 0 aliphatic carbocycles. The van der Waals surface area contributed by atoms with E-state index in [0.29, 0.717) is 0 Å². The lowest BCUT2D eigenvalue weighted by Crippen LogP contribution is -2.38. The molecule has 2 aromatic rings. The number of guanidine groups is 1. The molecule has 0 saturated heterocycles. The van der Waals surface area contributed by atoms with Crippen molar-refractivity contribution in [2.45, 2.75) is 39.8 Å². The second-order valence-corrected chi connectivity index (χ2v) is 6.38. The van der Waals surface area contributed by atoms with Gasteiger partial charge in [-0.15, -0.1) is 0 Å². The lowest BCUT2D eigenvalue weighted by Gasteiger charge is -2.21. The first-order valence-corrected chi connectivity index (χ1v) is 9.13. The van der Waals surface area contributed by atoms with Crippen LogP contribution in [-0.4, -0.2) is 40.5 Å². The van der Waals surface area contributed by atoms with Crippen LogP contribution in [0.1, 0.15) is 31.2 Å². The average Bonchev–Trinajstić information content (AvgIpc) is 3.18. The average molecular weight is 334 g/mol. The molecule has 0 unspecified atom stereocenters. The summed E-state index contributed by atoms with van der Waals surface area (Å²) in [6.07, 6.45) is 6.10. The molecular weight excluding hydrogens is 306 g/mol. The third-order valence-corrected chi connectivity index (χ3v) is 4.42. The highest BCUT2D eigenvalue weighted by Gasteiger charge is 2.06. The summed E-state index contributed by atoms with van der Waals surface area (Å²) >= 11 is 1.74. The van der Waals surface area contributed by atoms with E-state index >= 15 is 0 Å². The van der Waals surface area contributed by atoms with Crippen molar-refractivity contribution in [3.05, 3.63) is 40.6 Å². The fourth-order valence-corrected chi connectivity index (χ4v) is 3.08. The van der Waals surface area contributed by atoms with Gasteiger partial charge in [-0.3, -0.25) is 4.99 Å². The number of hydrogen-bond acceptors (Lipinski definition) is 3. The first-order chi connectivity index (χ1) is 11.2. The first-order valence-electron chi connectivity index (χ1n) is 8.19. The van der Waals surface area contributed by atoms with E-state index in [9.17, 15) is 0 Å². The van der Waals surface area contributed by atoms with Gasteiger partial charge in [0, 0.05) is 45.6 Å². The number of unbranched alkanes of at least 4 members (excludes halogenated alkanes) is 1. The van der Waals surface area contributed by atoms with Gasteiger partial charge >= 0.3 is 0 Å². The summed E-state index contributed by atoms with van der Waals surface area (Å²) in [5.41, 5.74) is 1.33. The van der Waals surface area contributed by atoms with Crippen LogP contribution < -0.4 is 5.32 Å². The molecule has 23 heavy (non-hydrogen) atoms. The van der Waals surface area contributed by atoms with E-state index in [4.69, 9.17) is 4.99 Å². The highest BCUT2D eigenvalue weighted by molar-refractivity contribution is 7.07. The van der Waals surface area contributed by atoms with Gasteiger partial charge in [0.05, 0.1) is 0 Å². The predicted molar refractivity (Wildman–Crippen MR) is 98.0 cm³/mol. The fourth-order valence-electron chi connectivity index (χ4n) is 2.42. The number of hydrogen-bond donors (Lipinski definition) is 1. The molecule has 2 aromatic heterocycles. The molecule has 0 spiro atoms. The first kappa shape index (κ1) is 17.5. The summed E-state index contributed by atoms with van der Waals surface area (Å²) in [6, 6.07) is 2.16. The summed E-state index contributed by atoms with van der Waals surface area (Å²) in [7, 11) is 2.09. The lowest BCUT2D eigenvalue weighted by atomic mass is 10.3. The van der Waals surface area contributed by atoms with Crippen molar-refractivity contribution in [3.8, 4) is 0 Å². The maximum absolute atomic E-state index is 4.75. The van der Waals surface area contributed by atoms with Gasteiger partial charge in [-0.2, -0.15) is 11.3 Å². The maximum Gasteiger partial charge on any atom is 0.193 e. The van der Waals surface area contributed by atoms with Crippen LogP contribution in [0.25, 0.3) is 0 Å². The minimum Gasteiger partial charge on any atom is -0.357 e. The van der Waals surface area contributed by atoms with Gasteiger partial charge in [0.15, 0.2) is 5.96 Å². The minimum absolute atomic E-state index is 0.851. The summed E-state index contributed by atoms with van der Waals surface area (Å²) in [5.74, 6) is 2.06. The molecular formula is C17H27N5S. The number of aromatic nitrogens is 2. The summed E-state index contributed by atoms with van der Waals surface area (Å²) < 4.78 is 2.19. The number of thiophene rings is 1. The van der Waals surface area contributed by atoms with Crippen molar-refractivity contribution in [1.82, 2.24) is 19.8 Å². The Hall–Kier alpha value is -1.82. The van der Waals surface area contributed by atoms with Gasteiger partial charge in [0.25, 0.3) is 0 Å². The Morgan fingerprint density at radius 3 is 2.96 bits per heavy atom. The van der Waals surface area contributed by atoms with Gasteiger partial charge < -0.3 is 14.8 Å². The van der Waals surface area contributed by atoms with Crippen LogP contribution in [0.15, 0.2) is 34.2 Å². The third-order valence-electron chi connectivity index (χ3n) is 3.69. The van der Waals surface area contributed by atoms with Crippen molar-refractivity contribution in [2.75, 3.05) is 20.1 Å². The van der Waals surface area contributed by atoms with E-state index in [1.165, 1.54) is 5.56 Å². The Bertz CT molecular complexity index is 588. The monoisotopic (exact) mass is 333 g/mol. The Morgan fingerprint density at radius 1 is 1.43 bits per heavy atom. The molecule has 0 amide bonds. The van der Waals surface area contributed by atoms with Crippen LogP contribution in [0.5, 0.6) is 0 Å². The molecule has 0 radical (unpaired) electrons. The van der Waals surface area contributed by atoms with Crippen LogP contribution in [0, 0.1) is 6.92 Å². The minimum atomic E-state index is 0.851. The third kappa shape index (κ3) is 5.71. The Morgan fingerprint density at radius 2 is 2.30 bits per heavy atom. The Kier molecular flexibility index (Phi) is 7.13. The predicted octanol–water partition coefficient (Wildman–Crippen LogP) is 3.13. The van der Waals surface area contributed by atoms with Crippen molar-refractivity contribution >= 4 is 17.3 Å². The Balaban J connectivity index is 1.77. The normalized spacial score (nSPS) is 11.7. The van der Waals surface area contributed by atoms with Crippen LogP contribution >= 0.6 is 11.3 Å². The molecule has 0 aromatic carbocycles. The molecule has 1 N–H and O–H groups in total. The zero-order chi connectivity index (χ0) is 16.5. The second kappa shape index (κ2) is 9.35. The summed E-state index contributed by atoms with van der Waals surface area (Å²) in [5, 5.41) is 7.68. The van der Waals surface area contributed by atoms with Gasteiger partial charge in [0.2, 0.25) is 0 Å². The van der Waals surface area contributed by atoms with Gasteiger partial charge in [-0.05, 0) is 49.1 Å². The van der Waals surface area contributed by atoms with E-state index < -0.39 is 0 Å². The molecule has 6 heteroatoms. The molecule has 126 valence electrons. The smallest absolute Gasteiger partial charge is 0.193 e. The van der Waals surface area contributed by atoms with E-state index in [1.807, 2.05) is 19.3 Å². The quantitative estimate of drug-likeness (QED) is 0.459. The van der Waals surface area contributed by atoms with E-state index in [1.54, 1.807) is 11.3 Å². The van der Waals surface area contributed by atoms with Crippen LogP contribution in [0.3, 0.4) is 0 Å². The van der Waals surface area contributed by atoms with E-state index in [2.05, 4.69) is 50.6 Å². The molecule has 5 nitrogen and oxygen atoms in total. The van der Waals surface area contributed by atoms with Crippen molar-refractivity contribution < 1.29 is 0 Å². The SMILES string of the molecule is CCNC(=NCCCCn1ccnc1C)N(C)Cc1ccsc1. The Labute approximate surface area is 143 Å². The molecule has 0 aliphatic heterocycles. The number of nitrogens with zero attached hydrogens (tertiary/aromatic N) is 4. The van der Waals surface area contributed by atoms with Crippen molar-refractivity contribution in [3.63, 3.8) is 0 Å². The van der Waals surface area contributed by atoms with Gasteiger partial charge in [0.1, 0.15) is 5.82 Å². The van der Waals surface area contributed by atoms with Crippen molar-refractivity contribution in [1.29, 1.82) is 0 Å². The summed E-state index contributed by atoms with van der Waals surface area (Å²) in [6.45, 7) is 7.80. The largest absolute Gasteiger partial charge is 0.357 e. The molecule has 0 fully saturated rings. The van der Waals surface area contributed by atoms with Gasteiger partial charge in [-0.1, -0.05) is 0 Å². The second-order valence-electron chi connectivity index (χ2n) is 5.60. The molecule has 2 heterocycles. The lowest BCUT2D eigenvalue weighted by molar-refractivity contribution is 0.476. The maximum atomic E-state index is 4.75. The van der Waals surface area contributed by atoms with E-state index in [-0.39, 0.29) is 0 Å². The topological polar surface area (TPSA) is 45.5 Å². The molecule has 0 saturated carbocycles. The van der Waals surface area contributed by atoms with Crippen LogP contribution in [0.2, 0.25) is 0 Å². The molecule has 0 atom stereocenters. The van der Waals surface area contributed by atoms with E-state index in [0.717, 1.165) is 50.8 Å². The number of imidazole rings is 1. The zero-order valence-corrected chi connectivity index (χ0v) is 15.1. The zero-order valence-electron chi connectivity index (χ0n) is 14.3. The highest BCUT2D eigenvalue weighted by Crippen LogP contribution is 2.08. The molecule has 0 aliphatic rings. The summed E-state index contributed by atoms with van der Waals surface area (Å²) in [4.78, 5) is 11.2. The fraction of sp³-hybridized carbons (Fsp3) is 0.529. The number of aryl methyl sites for hydroxylation is 2. The number of aliphatic imine (C=N–C) groups is 1. The number of rotatable bonds is 8. The van der Waals surface area contributed by atoms with Crippen LogP contribution in [0.4, 0.5) is 0 Å². The molecule has 0 bridgehead atoms. The number of nitrogens with one attached hydrogen (secondary N) is 1. The standard InChI is InChI=1S/C17H27N5S/c1-4-18-17(21(3)13-16-7-12-23-14-16)20-8-5-6-10-22-11-9-19-15(22)2/h7,9,11-12,14H,4-6,8,10,13H2,1-3H3,(H,18,20). The van der Waals surface area contributed by atoms with Crippen molar-refractivity contribution in [2.24, 2.45) is 4.99 Å². The highest BCUT2D eigenvalue weighted by atomic mass is 32.1. The molecule has 2 rings (SSSR count). The van der Waals surface area contributed by atoms with Crippen LogP contribution in [-0.2, 0) is 13.1 Å².